The lowest BCUT2D eigenvalue weighted by molar-refractivity contribution is -0.340. The SMILES string of the molecule is CC[C@H](C)[C@H]1O[C@]2(CC[C@@H]1C)C[C@@H]1C[C@@H](C/C=C(\C)[C@@H](O[C@H]3C[C@H](OC)[C@@H](O)[C@H](C)O3)[C@@H](C)/C=C/C=C3\CO[C@@H]4[C@H](O[Si](C)(C)C(C)(C)C)C(C)=C[C@@H](C(=O)O1)[C@]34O)O2. The van der Waals surface area contributed by atoms with Gasteiger partial charge in [-0.15, -0.1) is 0 Å². The van der Waals surface area contributed by atoms with Crippen LogP contribution in [0.4, 0.5) is 0 Å². The van der Waals surface area contributed by atoms with E-state index < -0.39 is 74.5 Å². The van der Waals surface area contributed by atoms with Crippen molar-refractivity contribution < 1.29 is 52.6 Å². The summed E-state index contributed by atoms with van der Waals surface area (Å²) in [5, 5.41) is 23.7. The Hall–Kier alpha value is -1.71. The van der Waals surface area contributed by atoms with Gasteiger partial charge in [0, 0.05) is 38.7 Å². The number of hydrogen-bond acceptors (Lipinski definition) is 11. The van der Waals surface area contributed by atoms with Crippen LogP contribution in [0.1, 0.15) is 114 Å². The molecule has 5 heterocycles. The third kappa shape index (κ3) is 9.62. The van der Waals surface area contributed by atoms with E-state index in [-0.39, 0.29) is 35.9 Å². The first-order valence-electron chi connectivity index (χ1n) is 22.5. The molecule has 12 heteroatoms. The van der Waals surface area contributed by atoms with E-state index in [1.807, 2.05) is 32.1 Å². The van der Waals surface area contributed by atoms with Crippen LogP contribution in [-0.2, 0) is 42.4 Å². The average Bonchev–Trinajstić information content (AvgIpc) is 3.51. The van der Waals surface area contributed by atoms with Crippen molar-refractivity contribution in [1.82, 2.24) is 0 Å². The van der Waals surface area contributed by atoms with Crippen LogP contribution < -0.4 is 0 Å². The first-order chi connectivity index (χ1) is 27.6. The highest BCUT2D eigenvalue weighted by molar-refractivity contribution is 6.74. The van der Waals surface area contributed by atoms with Gasteiger partial charge in [0.05, 0.1) is 43.2 Å². The third-order valence-corrected chi connectivity index (χ3v) is 19.4. The standard InChI is InChI=1S/C47H76O11Si/c1-14-27(2)41-30(5)20-21-46(57-41)25-35-23-34(56-46)19-18-29(4)40(55-38-24-37(51-11)39(48)32(7)53-38)28(3)16-15-17-33-26-52-43-42(58-59(12,13)45(8,9)10)31(6)22-36(44(49)54-35)47(33,43)50/h15-18,22,27-28,30,32,34-43,48,50H,14,19-21,23-26H2,1-13H3/b16-15+,29-18+,33-17+/t27-,28-,30-,32-,34+,35-,36-,37-,38-,39-,40-,41+,42+,43+,46+,47+/m0/s1. The molecule has 59 heavy (non-hydrogen) atoms. The van der Waals surface area contributed by atoms with Crippen LogP contribution in [0, 0.1) is 23.7 Å². The second-order valence-corrected chi connectivity index (χ2v) is 25.1. The molecule has 4 fully saturated rings. The van der Waals surface area contributed by atoms with Gasteiger partial charge in [0.1, 0.15) is 29.8 Å². The Morgan fingerprint density at radius 1 is 1.05 bits per heavy atom. The fourth-order valence-electron chi connectivity index (χ4n) is 9.90. The molecule has 0 amide bonds. The molecule has 0 aromatic carbocycles. The molecule has 2 bridgehead atoms. The van der Waals surface area contributed by atoms with Crippen molar-refractivity contribution in [2.45, 2.75) is 205 Å². The van der Waals surface area contributed by atoms with Gasteiger partial charge in [0.2, 0.25) is 0 Å². The van der Waals surface area contributed by atoms with E-state index in [2.05, 4.69) is 80.6 Å². The molecule has 0 aromatic rings. The van der Waals surface area contributed by atoms with Crippen molar-refractivity contribution in [3.63, 3.8) is 0 Å². The number of esters is 1. The van der Waals surface area contributed by atoms with Gasteiger partial charge in [-0.05, 0) is 80.3 Å². The van der Waals surface area contributed by atoms with Crippen LogP contribution in [0.3, 0.4) is 0 Å². The van der Waals surface area contributed by atoms with Crippen molar-refractivity contribution in [2.24, 2.45) is 23.7 Å². The number of fused-ring (bicyclic) bond motifs is 2. The van der Waals surface area contributed by atoms with Gasteiger partial charge in [-0.25, -0.2) is 0 Å². The molecule has 1 spiro atoms. The Morgan fingerprint density at radius 2 is 1.78 bits per heavy atom. The van der Waals surface area contributed by atoms with E-state index in [4.69, 9.17) is 37.6 Å². The number of carbonyl (C=O) groups is 1. The lowest BCUT2D eigenvalue weighted by Gasteiger charge is -2.51. The smallest absolute Gasteiger partial charge is 0.316 e. The molecule has 0 saturated carbocycles. The van der Waals surface area contributed by atoms with Crippen molar-refractivity contribution >= 4 is 14.3 Å². The van der Waals surface area contributed by atoms with Gasteiger partial charge in [0.25, 0.3) is 0 Å². The molecule has 6 rings (SSSR count). The molecule has 0 radical (unpaired) electrons. The van der Waals surface area contributed by atoms with Crippen molar-refractivity contribution in [2.75, 3.05) is 13.7 Å². The highest BCUT2D eigenvalue weighted by Crippen LogP contribution is 2.50. The van der Waals surface area contributed by atoms with Gasteiger partial charge in [0.15, 0.2) is 20.4 Å². The molecule has 6 aliphatic rings. The van der Waals surface area contributed by atoms with Crippen LogP contribution in [0.5, 0.6) is 0 Å². The summed E-state index contributed by atoms with van der Waals surface area (Å²) in [5.41, 5.74) is 0.757. The molecule has 2 N–H and O–H groups in total. The second kappa shape index (κ2) is 18.2. The van der Waals surface area contributed by atoms with E-state index in [0.29, 0.717) is 49.5 Å². The van der Waals surface area contributed by atoms with Gasteiger partial charge in [-0.3, -0.25) is 4.79 Å². The Morgan fingerprint density at radius 3 is 2.46 bits per heavy atom. The lowest BCUT2D eigenvalue weighted by atomic mass is 9.71. The summed E-state index contributed by atoms with van der Waals surface area (Å²) in [6, 6.07) is 0. The summed E-state index contributed by atoms with van der Waals surface area (Å²) < 4.78 is 52.7. The molecule has 0 aromatic heterocycles. The van der Waals surface area contributed by atoms with E-state index >= 15 is 0 Å². The van der Waals surface area contributed by atoms with E-state index in [1.54, 1.807) is 7.11 Å². The molecule has 4 saturated heterocycles. The maximum atomic E-state index is 14.7. The maximum Gasteiger partial charge on any atom is 0.316 e. The Labute approximate surface area is 355 Å². The van der Waals surface area contributed by atoms with Gasteiger partial charge in [-0.1, -0.05) is 85.3 Å². The van der Waals surface area contributed by atoms with Crippen LogP contribution in [0.15, 0.2) is 47.1 Å². The molecule has 5 aliphatic heterocycles. The van der Waals surface area contributed by atoms with Crippen LogP contribution in [0.25, 0.3) is 0 Å². The maximum absolute atomic E-state index is 14.7. The summed E-state index contributed by atoms with van der Waals surface area (Å²) in [6.07, 6.45) is 9.66. The van der Waals surface area contributed by atoms with E-state index in [0.717, 1.165) is 24.0 Å². The normalized spacial score (nSPS) is 45.3. The Kier molecular flexibility index (Phi) is 14.4. The van der Waals surface area contributed by atoms with Gasteiger partial charge in [-0.2, -0.15) is 0 Å². The number of carbonyl (C=O) groups excluding carboxylic acids is 1. The highest BCUT2D eigenvalue weighted by atomic mass is 28.4. The lowest BCUT2D eigenvalue weighted by Crippen LogP contribution is -2.60. The summed E-state index contributed by atoms with van der Waals surface area (Å²) in [6.45, 7) is 25.8. The zero-order chi connectivity index (χ0) is 43.2. The molecular weight excluding hydrogens is 769 g/mol. The van der Waals surface area contributed by atoms with Crippen molar-refractivity contribution in [1.29, 1.82) is 0 Å². The second-order valence-electron chi connectivity index (χ2n) is 20.3. The third-order valence-electron chi connectivity index (χ3n) is 14.9. The van der Waals surface area contributed by atoms with Gasteiger partial charge >= 0.3 is 5.97 Å². The van der Waals surface area contributed by atoms with Crippen LogP contribution >= 0.6 is 0 Å². The largest absolute Gasteiger partial charge is 0.462 e. The summed E-state index contributed by atoms with van der Waals surface area (Å²) in [4.78, 5) is 14.7. The van der Waals surface area contributed by atoms with E-state index in [9.17, 15) is 15.0 Å². The number of allylic oxidation sites excluding steroid dienone is 2. The van der Waals surface area contributed by atoms with Crippen molar-refractivity contribution in [3.8, 4) is 0 Å². The Bertz CT molecular complexity index is 1610. The summed E-state index contributed by atoms with van der Waals surface area (Å²) in [7, 11) is -0.736. The molecule has 0 unspecified atom stereocenters. The number of rotatable bonds is 7. The fraction of sp³-hybridized carbons (Fsp3) is 0.809. The van der Waals surface area contributed by atoms with Crippen molar-refractivity contribution in [3.05, 3.63) is 47.1 Å². The number of hydrogen-bond donors (Lipinski definition) is 2. The Balaban J connectivity index is 1.41. The zero-order valence-electron chi connectivity index (χ0n) is 38.2. The topological polar surface area (TPSA) is 131 Å². The molecule has 11 nitrogen and oxygen atoms in total. The molecule has 334 valence electrons. The minimum atomic E-state index is -2.34. The quantitative estimate of drug-likeness (QED) is 0.147. The molecule has 1 aliphatic carbocycles. The first-order valence-corrected chi connectivity index (χ1v) is 25.4. The molecular formula is C47H76O11Si. The summed E-state index contributed by atoms with van der Waals surface area (Å²) >= 11 is 0. The predicted octanol–water partition coefficient (Wildman–Crippen LogP) is 8.10. The fourth-order valence-corrected chi connectivity index (χ4v) is 11.2. The minimum absolute atomic E-state index is 0.0169. The number of aliphatic hydroxyl groups is 2. The van der Waals surface area contributed by atoms with Crippen LogP contribution in [-0.4, -0.2) is 111 Å². The number of methoxy groups -OCH3 is 1. The predicted molar refractivity (Wildman–Crippen MR) is 229 cm³/mol. The highest BCUT2D eigenvalue weighted by Gasteiger charge is 2.62. The number of aliphatic hydroxyl groups excluding tert-OH is 1. The zero-order valence-corrected chi connectivity index (χ0v) is 39.2. The van der Waals surface area contributed by atoms with Crippen LogP contribution in [0.2, 0.25) is 18.1 Å². The molecule has 16 atom stereocenters. The average molecular weight is 845 g/mol. The number of ether oxygens (including phenoxy) is 7. The first kappa shape index (κ1) is 46.8. The minimum Gasteiger partial charge on any atom is -0.462 e. The van der Waals surface area contributed by atoms with E-state index in [1.165, 1.54) is 0 Å². The van der Waals surface area contributed by atoms with Gasteiger partial charge < -0.3 is 47.8 Å². The monoisotopic (exact) mass is 845 g/mol. The summed E-state index contributed by atoms with van der Waals surface area (Å²) in [5.74, 6) is -1.81.